The molecule has 158 valence electrons. The highest BCUT2D eigenvalue weighted by Gasteiger charge is 2.10. The lowest BCUT2D eigenvalue weighted by atomic mass is 10.2. The summed E-state index contributed by atoms with van der Waals surface area (Å²) in [5, 5.41) is 6.89. The van der Waals surface area contributed by atoms with Crippen LogP contribution in [0.25, 0.3) is 20.7 Å². The van der Waals surface area contributed by atoms with Crippen LogP contribution in [0.4, 0.5) is 28.6 Å². The van der Waals surface area contributed by atoms with Crippen molar-refractivity contribution in [3.8, 4) is 10.4 Å². The van der Waals surface area contributed by atoms with Gasteiger partial charge in [0.1, 0.15) is 6.33 Å². The summed E-state index contributed by atoms with van der Waals surface area (Å²) in [5.41, 5.74) is 6.38. The number of nitrogens with zero attached hydrogens (tertiary/aromatic N) is 3. The molecule has 3 aromatic carbocycles. The quantitative estimate of drug-likeness (QED) is 0.302. The smallest absolute Gasteiger partial charge is 0.151 e. The zero-order chi connectivity index (χ0) is 21.9. The topological polar surface area (TPSA) is 53.1 Å². The number of anilines is 5. The van der Waals surface area contributed by atoms with Crippen LogP contribution in [0, 0.1) is 0 Å². The molecule has 0 atom stereocenters. The SMILES string of the molecule is CN(C)c1ccc(Nc2ccc(Nc3ncnc4cc(-c5ccccc5)sc34)cc2)cc1. The molecule has 0 aliphatic carbocycles. The third-order valence-corrected chi connectivity index (χ3v) is 6.37. The van der Waals surface area contributed by atoms with Crippen molar-refractivity contribution in [2.24, 2.45) is 0 Å². The summed E-state index contributed by atoms with van der Waals surface area (Å²) in [6, 6.07) is 29.1. The van der Waals surface area contributed by atoms with E-state index in [0.29, 0.717) is 0 Å². The standard InChI is InChI=1S/C26H23N5S/c1-31(2)22-14-12-20(13-15-22)29-19-8-10-21(11-9-19)30-26-25-23(27-17-28-26)16-24(32-25)18-6-4-3-5-7-18/h3-17,29H,1-2H3,(H,27,28,30). The van der Waals surface area contributed by atoms with E-state index in [1.807, 2.05) is 20.2 Å². The molecular weight excluding hydrogens is 414 g/mol. The van der Waals surface area contributed by atoms with Crippen molar-refractivity contribution in [1.82, 2.24) is 9.97 Å². The number of fused-ring (bicyclic) bond motifs is 1. The minimum Gasteiger partial charge on any atom is -0.378 e. The average molecular weight is 438 g/mol. The van der Waals surface area contributed by atoms with Gasteiger partial charge in [0.2, 0.25) is 0 Å². The molecule has 0 fully saturated rings. The van der Waals surface area contributed by atoms with Crippen LogP contribution >= 0.6 is 11.3 Å². The molecule has 5 nitrogen and oxygen atoms in total. The molecular formula is C26H23N5S. The molecule has 2 heterocycles. The van der Waals surface area contributed by atoms with Gasteiger partial charge in [-0.15, -0.1) is 11.3 Å². The molecule has 5 rings (SSSR count). The van der Waals surface area contributed by atoms with Gasteiger partial charge in [-0.25, -0.2) is 9.97 Å². The van der Waals surface area contributed by atoms with Crippen LogP contribution in [0.3, 0.4) is 0 Å². The van der Waals surface area contributed by atoms with Crippen LogP contribution in [0.5, 0.6) is 0 Å². The highest BCUT2D eigenvalue weighted by Crippen LogP contribution is 2.36. The fraction of sp³-hybridized carbons (Fsp3) is 0.0769. The Morgan fingerprint density at radius 1 is 0.719 bits per heavy atom. The predicted molar refractivity (Wildman–Crippen MR) is 137 cm³/mol. The zero-order valence-corrected chi connectivity index (χ0v) is 18.7. The predicted octanol–water partition coefficient (Wildman–Crippen LogP) is 6.91. The van der Waals surface area contributed by atoms with Crippen LogP contribution in [-0.2, 0) is 0 Å². The molecule has 2 aromatic heterocycles. The summed E-state index contributed by atoms with van der Waals surface area (Å²) in [5.74, 6) is 0.821. The van der Waals surface area contributed by atoms with Crippen molar-refractivity contribution in [2.45, 2.75) is 0 Å². The Hall–Kier alpha value is -3.90. The van der Waals surface area contributed by atoms with E-state index in [-0.39, 0.29) is 0 Å². The van der Waals surface area contributed by atoms with Gasteiger partial charge in [0.05, 0.1) is 10.2 Å². The minimum absolute atomic E-state index is 0.821. The number of thiophene rings is 1. The van der Waals surface area contributed by atoms with E-state index >= 15 is 0 Å². The first-order valence-corrected chi connectivity index (χ1v) is 11.2. The number of hydrogen-bond acceptors (Lipinski definition) is 6. The van der Waals surface area contributed by atoms with Crippen LogP contribution in [0.15, 0.2) is 91.3 Å². The van der Waals surface area contributed by atoms with Crippen molar-refractivity contribution in [3.63, 3.8) is 0 Å². The highest BCUT2D eigenvalue weighted by molar-refractivity contribution is 7.22. The van der Waals surface area contributed by atoms with Gasteiger partial charge in [-0.2, -0.15) is 0 Å². The van der Waals surface area contributed by atoms with Gasteiger partial charge in [-0.3, -0.25) is 0 Å². The van der Waals surface area contributed by atoms with E-state index in [1.165, 1.54) is 16.1 Å². The maximum absolute atomic E-state index is 4.49. The number of nitrogens with one attached hydrogen (secondary N) is 2. The molecule has 0 aliphatic rings. The Morgan fingerprint density at radius 3 is 2.00 bits per heavy atom. The van der Waals surface area contributed by atoms with E-state index in [2.05, 4.69) is 104 Å². The lowest BCUT2D eigenvalue weighted by Crippen LogP contribution is -2.08. The number of benzene rings is 3. The Balaban J connectivity index is 1.33. The lowest BCUT2D eigenvalue weighted by Gasteiger charge is -2.13. The van der Waals surface area contributed by atoms with Gasteiger partial charge in [0.15, 0.2) is 5.82 Å². The molecule has 0 aliphatic heterocycles. The highest BCUT2D eigenvalue weighted by atomic mass is 32.1. The van der Waals surface area contributed by atoms with E-state index in [4.69, 9.17) is 0 Å². The van der Waals surface area contributed by atoms with Crippen LogP contribution in [-0.4, -0.2) is 24.1 Å². The summed E-state index contributed by atoms with van der Waals surface area (Å²) in [7, 11) is 4.08. The molecule has 5 aromatic rings. The Bertz CT molecular complexity index is 1330. The third-order valence-electron chi connectivity index (χ3n) is 5.19. The average Bonchev–Trinajstić information content (AvgIpc) is 3.27. The van der Waals surface area contributed by atoms with E-state index in [9.17, 15) is 0 Å². The number of rotatable bonds is 6. The molecule has 0 spiro atoms. The van der Waals surface area contributed by atoms with Crippen LogP contribution < -0.4 is 15.5 Å². The summed E-state index contributed by atoms with van der Waals surface area (Å²) in [6.07, 6.45) is 1.61. The van der Waals surface area contributed by atoms with Crippen molar-refractivity contribution in [2.75, 3.05) is 29.6 Å². The van der Waals surface area contributed by atoms with Gasteiger partial charge < -0.3 is 15.5 Å². The number of hydrogen-bond donors (Lipinski definition) is 2. The Morgan fingerprint density at radius 2 is 1.34 bits per heavy atom. The molecule has 0 radical (unpaired) electrons. The van der Waals surface area contributed by atoms with Crippen molar-refractivity contribution in [3.05, 3.63) is 91.3 Å². The molecule has 0 bridgehead atoms. The number of aromatic nitrogens is 2. The first kappa shape index (κ1) is 20.0. The molecule has 0 unspecified atom stereocenters. The largest absolute Gasteiger partial charge is 0.378 e. The Kier molecular flexibility index (Phi) is 5.44. The van der Waals surface area contributed by atoms with Crippen molar-refractivity contribution in [1.29, 1.82) is 0 Å². The van der Waals surface area contributed by atoms with Gasteiger partial charge in [0, 0.05) is 41.7 Å². The normalized spacial score (nSPS) is 10.8. The lowest BCUT2D eigenvalue weighted by molar-refractivity contribution is 1.13. The maximum Gasteiger partial charge on any atom is 0.151 e. The van der Waals surface area contributed by atoms with Crippen molar-refractivity contribution < 1.29 is 0 Å². The molecule has 32 heavy (non-hydrogen) atoms. The zero-order valence-electron chi connectivity index (χ0n) is 17.9. The first-order chi connectivity index (χ1) is 15.7. The summed E-state index contributed by atoms with van der Waals surface area (Å²) >= 11 is 1.70. The summed E-state index contributed by atoms with van der Waals surface area (Å²) < 4.78 is 1.05. The van der Waals surface area contributed by atoms with Gasteiger partial charge >= 0.3 is 0 Å². The molecule has 0 saturated heterocycles. The molecule has 0 amide bonds. The second-order valence-corrected chi connectivity index (χ2v) is 8.73. The van der Waals surface area contributed by atoms with Crippen LogP contribution in [0.1, 0.15) is 0 Å². The van der Waals surface area contributed by atoms with Crippen molar-refractivity contribution >= 4 is 50.1 Å². The van der Waals surface area contributed by atoms with Gasteiger partial charge in [-0.05, 0) is 60.2 Å². The third kappa shape index (κ3) is 4.26. The van der Waals surface area contributed by atoms with Crippen LogP contribution in [0.2, 0.25) is 0 Å². The maximum atomic E-state index is 4.49. The summed E-state index contributed by atoms with van der Waals surface area (Å²) in [6.45, 7) is 0. The fourth-order valence-electron chi connectivity index (χ4n) is 3.47. The van der Waals surface area contributed by atoms with E-state index < -0.39 is 0 Å². The molecule has 6 heteroatoms. The Labute approximate surface area is 191 Å². The van der Waals surface area contributed by atoms with Gasteiger partial charge in [-0.1, -0.05) is 30.3 Å². The summed E-state index contributed by atoms with van der Waals surface area (Å²) in [4.78, 5) is 12.2. The van der Waals surface area contributed by atoms with E-state index in [0.717, 1.165) is 33.1 Å². The fourth-order valence-corrected chi connectivity index (χ4v) is 4.53. The minimum atomic E-state index is 0.821. The molecule has 2 N–H and O–H groups in total. The first-order valence-electron chi connectivity index (χ1n) is 10.4. The molecule has 0 saturated carbocycles. The second kappa shape index (κ2) is 8.69. The second-order valence-electron chi connectivity index (χ2n) is 7.68. The monoisotopic (exact) mass is 437 g/mol. The van der Waals surface area contributed by atoms with Gasteiger partial charge in [0.25, 0.3) is 0 Å². The van der Waals surface area contributed by atoms with E-state index in [1.54, 1.807) is 17.7 Å².